The maximum atomic E-state index is 13.0. The number of anilines is 1. The minimum Gasteiger partial charge on any atom is -0.349 e. The molecule has 1 aliphatic heterocycles. The quantitative estimate of drug-likeness (QED) is 0.724. The van der Waals surface area contributed by atoms with E-state index >= 15 is 0 Å². The average molecular weight is 405 g/mol. The molecule has 1 aromatic carbocycles. The molecule has 0 radical (unpaired) electrons. The zero-order chi connectivity index (χ0) is 21.3. The number of nitrogens with zero attached hydrogens (tertiary/aromatic N) is 5. The fourth-order valence-electron chi connectivity index (χ4n) is 4.18. The molecule has 1 N–H and O–H groups in total. The number of hydrogen-bond acceptors (Lipinski definition) is 5. The number of benzene rings is 1. The summed E-state index contributed by atoms with van der Waals surface area (Å²) in [7, 11) is 1.91. The molecule has 0 unspecified atom stereocenters. The fraction of sp³-hybridized carbons (Fsp3) is 0.391. The van der Waals surface area contributed by atoms with Crippen molar-refractivity contribution < 1.29 is 4.79 Å². The first-order valence-electron chi connectivity index (χ1n) is 10.3. The molecule has 7 heteroatoms. The van der Waals surface area contributed by atoms with Gasteiger partial charge in [0.05, 0.1) is 6.20 Å². The number of aryl methyl sites for hydroxylation is 4. The molecule has 30 heavy (non-hydrogen) atoms. The van der Waals surface area contributed by atoms with Gasteiger partial charge < -0.3 is 10.2 Å². The van der Waals surface area contributed by atoms with E-state index in [0.717, 1.165) is 47.7 Å². The molecule has 1 fully saturated rings. The van der Waals surface area contributed by atoms with Crippen molar-refractivity contribution in [2.24, 2.45) is 7.05 Å². The summed E-state index contributed by atoms with van der Waals surface area (Å²) < 4.78 is 1.81. The van der Waals surface area contributed by atoms with Crippen LogP contribution in [0.2, 0.25) is 0 Å². The first kappa shape index (κ1) is 20.1. The van der Waals surface area contributed by atoms with E-state index in [2.05, 4.69) is 31.3 Å². The Balaban J connectivity index is 1.57. The van der Waals surface area contributed by atoms with E-state index in [1.54, 1.807) is 4.68 Å². The molecule has 0 bridgehead atoms. The molecule has 4 rings (SSSR count). The molecule has 156 valence electrons. The van der Waals surface area contributed by atoms with Crippen LogP contribution in [0.5, 0.6) is 0 Å². The summed E-state index contributed by atoms with van der Waals surface area (Å²) in [6, 6.07) is 5.98. The Morgan fingerprint density at radius 1 is 1.03 bits per heavy atom. The normalized spacial score (nSPS) is 19.0. The molecule has 0 spiro atoms. The first-order valence-corrected chi connectivity index (χ1v) is 10.3. The highest BCUT2D eigenvalue weighted by molar-refractivity contribution is 5.94. The Bertz CT molecular complexity index is 1020. The van der Waals surface area contributed by atoms with Crippen molar-refractivity contribution in [2.45, 2.75) is 39.2 Å². The monoisotopic (exact) mass is 404 g/mol. The maximum absolute atomic E-state index is 13.0. The molecule has 1 amide bonds. The number of amides is 1. The van der Waals surface area contributed by atoms with Crippen molar-refractivity contribution >= 4 is 11.9 Å². The highest BCUT2D eigenvalue weighted by Crippen LogP contribution is 2.29. The molecule has 1 aliphatic rings. The standard InChI is InChI=1S/C23H28N6O/c1-15-7-16(2)9-18(8-15)22(30)27-21-5-6-29(23-24-10-17(3)11-25-23)14-20(21)19-12-26-28(4)13-19/h7-13,20-21H,5-6,14H2,1-4H3,(H,27,30)/t20-,21+/m0/s1. The molecular formula is C23H28N6O. The van der Waals surface area contributed by atoms with Gasteiger partial charge in [-0.05, 0) is 50.5 Å². The van der Waals surface area contributed by atoms with Gasteiger partial charge in [-0.3, -0.25) is 9.48 Å². The van der Waals surface area contributed by atoms with Crippen LogP contribution in [0.25, 0.3) is 0 Å². The highest BCUT2D eigenvalue weighted by atomic mass is 16.1. The predicted molar refractivity (Wildman–Crippen MR) is 117 cm³/mol. The molecule has 2 aromatic heterocycles. The van der Waals surface area contributed by atoms with Crippen LogP contribution in [-0.2, 0) is 7.05 Å². The van der Waals surface area contributed by atoms with Gasteiger partial charge in [0.1, 0.15) is 0 Å². The number of rotatable bonds is 4. The van der Waals surface area contributed by atoms with E-state index in [0.29, 0.717) is 5.56 Å². The van der Waals surface area contributed by atoms with Crippen LogP contribution >= 0.6 is 0 Å². The SMILES string of the molecule is Cc1cnc(N2CC[C@@H](NC(=O)c3cc(C)cc(C)c3)[C@H](c3cnn(C)c3)C2)nc1. The van der Waals surface area contributed by atoms with Crippen molar-refractivity contribution in [1.82, 2.24) is 25.1 Å². The van der Waals surface area contributed by atoms with E-state index in [4.69, 9.17) is 0 Å². The molecule has 1 saturated heterocycles. The number of aromatic nitrogens is 4. The van der Waals surface area contributed by atoms with Crippen LogP contribution in [0.15, 0.2) is 43.0 Å². The van der Waals surface area contributed by atoms with E-state index in [1.807, 2.05) is 64.7 Å². The van der Waals surface area contributed by atoms with Gasteiger partial charge in [-0.25, -0.2) is 9.97 Å². The van der Waals surface area contributed by atoms with Gasteiger partial charge >= 0.3 is 0 Å². The third-order valence-corrected chi connectivity index (χ3v) is 5.62. The number of hydrogen-bond donors (Lipinski definition) is 1. The molecule has 0 aliphatic carbocycles. The van der Waals surface area contributed by atoms with Gasteiger partial charge in [0.2, 0.25) is 5.95 Å². The lowest BCUT2D eigenvalue weighted by atomic mass is 9.87. The van der Waals surface area contributed by atoms with Crippen molar-refractivity contribution in [2.75, 3.05) is 18.0 Å². The van der Waals surface area contributed by atoms with E-state index < -0.39 is 0 Å². The minimum atomic E-state index is -0.0271. The summed E-state index contributed by atoms with van der Waals surface area (Å²) in [6.07, 6.45) is 8.41. The summed E-state index contributed by atoms with van der Waals surface area (Å²) >= 11 is 0. The highest BCUT2D eigenvalue weighted by Gasteiger charge is 2.33. The zero-order valence-corrected chi connectivity index (χ0v) is 18.0. The third kappa shape index (κ3) is 4.35. The van der Waals surface area contributed by atoms with Crippen molar-refractivity contribution in [3.05, 3.63) is 70.8 Å². The molecule has 2 atom stereocenters. The summed E-state index contributed by atoms with van der Waals surface area (Å²) in [6.45, 7) is 7.53. The van der Waals surface area contributed by atoms with Gasteiger partial charge in [-0.2, -0.15) is 5.10 Å². The van der Waals surface area contributed by atoms with Crippen LogP contribution < -0.4 is 10.2 Å². The first-order chi connectivity index (χ1) is 14.4. The van der Waals surface area contributed by atoms with Gasteiger partial charge in [0.25, 0.3) is 5.91 Å². The van der Waals surface area contributed by atoms with Crippen LogP contribution in [-0.4, -0.2) is 44.8 Å². The molecule has 3 aromatic rings. The minimum absolute atomic E-state index is 0.0178. The molecular weight excluding hydrogens is 376 g/mol. The average Bonchev–Trinajstić information content (AvgIpc) is 3.14. The summed E-state index contributed by atoms with van der Waals surface area (Å²) in [5.41, 5.74) is 5.05. The second kappa shape index (κ2) is 8.26. The van der Waals surface area contributed by atoms with Crippen LogP contribution in [0, 0.1) is 20.8 Å². The van der Waals surface area contributed by atoms with Gasteiger partial charge in [0, 0.05) is 56.3 Å². The lowest BCUT2D eigenvalue weighted by Gasteiger charge is -2.38. The number of carbonyl (C=O) groups is 1. The Hall–Kier alpha value is -3.22. The van der Waals surface area contributed by atoms with Gasteiger partial charge in [-0.1, -0.05) is 17.2 Å². The number of nitrogens with one attached hydrogen (secondary N) is 1. The van der Waals surface area contributed by atoms with Crippen molar-refractivity contribution in [1.29, 1.82) is 0 Å². The Labute approximate surface area is 177 Å². The van der Waals surface area contributed by atoms with Crippen molar-refractivity contribution in [3.8, 4) is 0 Å². The van der Waals surface area contributed by atoms with E-state index in [9.17, 15) is 4.79 Å². The van der Waals surface area contributed by atoms with Crippen LogP contribution in [0.1, 0.15) is 45.0 Å². The van der Waals surface area contributed by atoms with E-state index in [-0.39, 0.29) is 17.9 Å². The van der Waals surface area contributed by atoms with Crippen LogP contribution in [0.4, 0.5) is 5.95 Å². The largest absolute Gasteiger partial charge is 0.349 e. The third-order valence-electron chi connectivity index (χ3n) is 5.62. The van der Waals surface area contributed by atoms with Crippen LogP contribution in [0.3, 0.4) is 0 Å². The Kier molecular flexibility index (Phi) is 5.53. The molecule has 3 heterocycles. The summed E-state index contributed by atoms with van der Waals surface area (Å²) in [5.74, 6) is 0.807. The second-order valence-electron chi connectivity index (χ2n) is 8.31. The predicted octanol–water partition coefficient (Wildman–Crippen LogP) is 2.93. The molecule has 0 saturated carbocycles. The second-order valence-corrected chi connectivity index (χ2v) is 8.31. The Morgan fingerprint density at radius 3 is 2.37 bits per heavy atom. The van der Waals surface area contributed by atoms with Gasteiger partial charge in [-0.15, -0.1) is 0 Å². The Morgan fingerprint density at radius 2 is 1.73 bits per heavy atom. The summed E-state index contributed by atoms with van der Waals surface area (Å²) in [4.78, 5) is 24.2. The lowest BCUT2D eigenvalue weighted by Crippen LogP contribution is -2.50. The van der Waals surface area contributed by atoms with Gasteiger partial charge in [0.15, 0.2) is 0 Å². The van der Waals surface area contributed by atoms with E-state index in [1.165, 1.54) is 0 Å². The zero-order valence-electron chi connectivity index (χ0n) is 18.0. The topological polar surface area (TPSA) is 75.9 Å². The maximum Gasteiger partial charge on any atom is 0.251 e. The number of piperidine rings is 1. The smallest absolute Gasteiger partial charge is 0.251 e. The summed E-state index contributed by atoms with van der Waals surface area (Å²) in [5, 5.41) is 7.64. The van der Waals surface area contributed by atoms with Crippen molar-refractivity contribution in [3.63, 3.8) is 0 Å². The fourth-order valence-corrected chi connectivity index (χ4v) is 4.18. The molecule has 7 nitrogen and oxygen atoms in total. The lowest BCUT2D eigenvalue weighted by molar-refractivity contribution is 0.0925. The number of carbonyl (C=O) groups excluding carboxylic acids is 1.